The number of allylic oxidation sites excluding steroid dienone is 1. The summed E-state index contributed by atoms with van der Waals surface area (Å²) in [6.45, 7) is 8.65. The Morgan fingerprint density at radius 1 is 1.18 bits per heavy atom. The Balaban J connectivity index is 1.73. The first kappa shape index (κ1) is 23.4. The first-order valence-electron chi connectivity index (χ1n) is 11.5. The molecule has 8 nitrogen and oxygen atoms in total. The van der Waals surface area contributed by atoms with Gasteiger partial charge in [-0.15, -0.1) is 0 Å². The zero-order valence-corrected chi connectivity index (χ0v) is 20.3. The smallest absolute Gasteiger partial charge is 0.255 e. The maximum atomic E-state index is 13.6. The van der Waals surface area contributed by atoms with E-state index in [2.05, 4.69) is 27.6 Å². The number of hydrogen-bond acceptors (Lipinski definition) is 6. The Morgan fingerprint density at radius 3 is 2.76 bits per heavy atom. The third-order valence-corrected chi connectivity index (χ3v) is 6.15. The van der Waals surface area contributed by atoms with Crippen molar-refractivity contribution in [3.05, 3.63) is 70.7 Å². The van der Waals surface area contributed by atoms with Gasteiger partial charge in [-0.05, 0) is 62.1 Å². The van der Waals surface area contributed by atoms with E-state index in [9.17, 15) is 4.79 Å². The minimum Gasteiger partial charge on any atom is -0.493 e. The number of nitrogens with one attached hydrogen (secondary N) is 2. The van der Waals surface area contributed by atoms with E-state index in [-0.39, 0.29) is 5.91 Å². The lowest BCUT2D eigenvalue weighted by Crippen LogP contribution is -2.31. The van der Waals surface area contributed by atoms with Crippen LogP contribution in [0, 0.1) is 13.8 Å². The molecule has 1 aliphatic rings. The van der Waals surface area contributed by atoms with E-state index in [1.54, 1.807) is 11.8 Å². The van der Waals surface area contributed by atoms with Gasteiger partial charge in [0.15, 0.2) is 11.5 Å². The molecule has 1 amide bonds. The SMILES string of the molecule is CCCCOc1ccc(C2C(C(=O)Nc3cccc(C)c3C)=C(C)Nc3ncnn32)cc1OC. The number of anilines is 2. The van der Waals surface area contributed by atoms with Gasteiger partial charge in [-0.1, -0.05) is 31.5 Å². The fourth-order valence-electron chi connectivity index (χ4n) is 4.07. The van der Waals surface area contributed by atoms with Gasteiger partial charge in [0.05, 0.1) is 19.3 Å². The van der Waals surface area contributed by atoms with Crippen LogP contribution in [0.4, 0.5) is 11.6 Å². The molecule has 2 N–H and O–H groups in total. The Kier molecular flexibility index (Phi) is 6.86. The van der Waals surface area contributed by atoms with Crippen molar-refractivity contribution in [1.82, 2.24) is 14.8 Å². The number of carbonyl (C=O) groups is 1. The summed E-state index contributed by atoms with van der Waals surface area (Å²) < 4.78 is 13.2. The quantitative estimate of drug-likeness (QED) is 0.458. The molecule has 4 rings (SSSR count). The van der Waals surface area contributed by atoms with Crippen LogP contribution < -0.4 is 20.1 Å². The maximum Gasteiger partial charge on any atom is 0.255 e. The Morgan fingerprint density at radius 2 is 2.00 bits per heavy atom. The van der Waals surface area contributed by atoms with Crippen molar-refractivity contribution < 1.29 is 14.3 Å². The van der Waals surface area contributed by atoms with Gasteiger partial charge in [0.1, 0.15) is 12.4 Å². The number of methoxy groups -OCH3 is 1. The highest BCUT2D eigenvalue weighted by Crippen LogP contribution is 2.39. The zero-order chi connectivity index (χ0) is 24.2. The van der Waals surface area contributed by atoms with E-state index >= 15 is 0 Å². The summed E-state index contributed by atoms with van der Waals surface area (Å²) in [4.78, 5) is 17.9. The first-order chi connectivity index (χ1) is 16.4. The molecule has 8 heteroatoms. The van der Waals surface area contributed by atoms with E-state index in [1.165, 1.54) is 6.33 Å². The van der Waals surface area contributed by atoms with E-state index in [0.29, 0.717) is 29.6 Å². The average Bonchev–Trinajstić information content (AvgIpc) is 3.29. The van der Waals surface area contributed by atoms with E-state index < -0.39 is 6.04 Å². The predicted molar refractivity (Wildman–Crippen MR) is 132 cm³/mol. The Labute approximate surface area is 200 Å². The van der Waals surface area contributed by atoms with Crippen LogP contribution in [0.3, 0.4) is 0 Å². The Hall–Kier alpha value is -3.81. The van der Waals surface area contributed by atoms with Crippen molar-refractivity contribution in [3.8, 4) is 11.5 Å². The van der Waals surface area contributed by atoms with Crippen LogP contribution in [0.25, 0.3) is 0 Å². The summed E-state index contributed by atoms with van der Waals surface area (Å²) in [6.07, 6.45) is 3.49. The lowest BCUT2D eigenvalue weighted by Gasteiger charge is -2.29. The van der Waals surface area contributed by atoms with Gasteiger partial charge < -0.3 is 20.1 Å². The molecule has 0 radical (unpaired) electrons. The number of hydrogen-bond donors (Lipinski definition) is 2. The average molecular weight is 462 g/mol. The van der Waals surface area contributed by atoms with Crippen LogP contribution in [-0.4, -0.2) is 34.4 Å². The second-order valence-electron chi connectivity index (χ2n) is 8.41. The van der Waals surface area contributed by atoms with Crippen LogP contribution in [0.15, 0.2) is 54.0 Å². The first-order valence-corrected chi connectivity index (χ1v) is 11.5. The van der Waals surface area contributed by atoms with Crippen molar-refractivity contribution in [2.45, 2.75) is 46.6 Å². The van der Waals surface area contributed by atoms with Crippen LogP contribution in [0.5, 0.6) is 11.5 Å². The molecule has 178 valence electrons. The molecule has 0 spiro atoms. The third-order valence-electron chi connectivity index (χ3n) is 6.15. The minimum atomic E-state index is -0.484. The molecule has 1 unspecified atom stereocenters. The van der Waals surface area contributed by atoms with Crippen molar-refractivity contribution in [1.29, 1.82) is 0 Å². The molecule has 34 heavy (non-hydrogen) atoms. The van der Waals surface area contributed by atoms with Gasteiger partial charge in [0, 0.05) is 11.4 Å². The zero-order valence-electron chi connectivity index (χ0n) is 20.3. The lowest BCUT2D eigenvalue weighted by molar-refractivity contribution is -0.113. The van der Waals surface area contributed by atoms with E-state index in [4.69, 9.17) is 9.47 Å². The number of ether oxygens (including phenoxy) is 2. The van der Waals surface area contributed by atoms with Crippen molar-refractivity contribution in [2.75, 3.05) is 24.4 Å². The van der Waals surface area contributed by atoms with Crippen molar-refractivity contribution in [3.63, 3.8) is 0 Å². The topological polar surface area (TPSA) is 90.3 Å². The largest absolute Gasteiger partial charge is 0.493 e. The van der Waals surface area contributed by atoms with Crippen LogP contribution >= 0.6 is 0 Å². The molecule has 3 aromatic rings. The molecule has 2 aromatic carbocycles. The fourth-order valence-corrected chi connectivity index (χ4v) is 4.07. The molecule has 0 saturated carbocycles. The summed E-state index contributed by atoms with van der Waals surface area (Å²) in [5.74, 6) is 1.66. The number of unbranched alkanes of at least 4 members (excludes halogenated alkanes) is 1. The van der Waals surface area contributed by atoms with Crippen molar-refractivity contribution >= 4 is 17.5 Å². The number of aryl methyl sites for hydroxylation is 1. The van der Waals surface area contributed by atoms with Gasteiger partial charge in [-0.25, -0.2) is 4.68 Å². The highest BCUT2D eigenvalue weighted by atomic mass is 16.5. The van der Waals surface area contributed by atoms with Crippen LogP contribution in [0.1, 0.15) is 49.4 Å². The molecule has 1 atom stereocenters. The number of benzene rings is 2. The molecular formula is C26H31N5O3. The van der Waals surface area contributed by atoms with E-state index in [0.717, 1.165) is 40.9 Å². The molecule has 2 heterocycles. The summed E-state index contributed by atoms with van der Waals surface area (Å²) in [5, 5.41) is 10.7. The number of amides is 1. The number of rotatable bonds is 8. The number of fused-ring (bicyclic) bond motifs is 1. The Bertz CT molecular complexity index is 1230. The second kappa shape index (κ2) is 9.99. The standard InChI is InChI=1S/C26H31N5O3/c1-6-7-13-34-21-12-11-19(14-22(21)33-5)24-23(18(4)29-26-27-15-28-31(24)26)25(32)30-20-10-8-9-16(2)17(20)3/h8-12,14-15,24H,6-7,13H2,1-5H3,(H,30,32)(H,27,28,29). The molecule has 0 bridgehead atoms. The van der Waals surface area contributed by atoms with Crippen molar-refractivity contribution in [2.24, 2.45) is 0 Å². The van der Waals surface area contributed by atoms with Gasteiger partial charge in [-0.2, -0.15) is 10.1 Å². The molecule has 0 saturated heterocycles. The number of aromatic nitrogens is 3. The normalized spacial score (nSPS) is 14.9. The van der Waals surface area contributed by atoms with Gasteiger partial charge in [0.2, 0.25) is 5.95 Å². The van der Waals surface area contributed by atoms with E-state index in [1.807, 2.05) is 57.2 Å². The molecule has 1 aromatic heterocycles. The fraction of sp³-hybridized carbons (Fsp3) is 0.346. The number of nitrogens with zero attached hydrogens (tertiary/aromatic N) is 3. The van der Waals surface area contributed by atoms with Gasteiger partial charge >= 0.3 is 0 Å². The summed E-state index contributed by atoms with van der Waals surface area (Å²) in [5.41, 5.74) is 5.05. The molecule has 0 fully saturated rings. The third kappa shape index (κ3) is 4.48. The monoisotopic (exact) mass is 461 g/mol. The minimum absolute atomic E-state index is 0.202. The molecular weight excluding hydrogens is 430 g/mol. The highest BCUT2D eigenvalue weighted by molar-refractivity contribution is 6.06. The highest BCUT2D eigenvalue weighted by Gasteiger charge is 2.34. The molecule has 0 aliphatic carbocycles. The lowest BCUT2D eigenvalue weighted by atomic mass is 9.94. The van der Waals surface area contributed by atoms with Crippen LogP contribution in [0.2, 0.25) is 0 Å². The maximum absolute atomic E-state index is 13.6. The second-order valence-corrected chi connectivity index (χ2v) is 8.41. The summed E-state index contributed by atoms with van der Waals surface area (Å²) >= 11 is 0. The predicted octanol–water partition coefficient (Wildman–Crippen LogP) is 5.01. The summed E-state index contributed by atoms with van der Waals surface area (Å²) in [6, 6.07) is 11.1. The van der Waals surface area contributed by atoms with Gasteiger partial charge in [-0.3, -0.25) is 4.79 Å². The summed E-state index contributed by atoms with van der Waals surface area (Å²) in [7, 11) is 1.62. The molecule has 1 aliphatic heterocycles. The van der Waals surface area contributed by atoms with Crippen LogP contribution in [-0.2, 0) is 4.79 Å². The van der Waals surface area contributed by atoms with Gasteiger partial charge in [0.25, 0.3) is 5.91 Å². The number of carbonyl (C=O) groups excluding carboxylic acids is 1.